The van der Waals surface area contributed by atoms with E-state index < -0.39 is 0 Å². The van der Waals surface area contributed by atoms with Crippen LogP contribution in [0.25, 0.3) is 11.3 Å². The molecule has 0 bridgehead atoms. The number of aromatic nitrogens is 1. The maximum Gasteiger partial charge on any atom is 0.223 e. The normalized spacial score (nSPS) is 14.8. The molecular formula is C16H18N2OS. The molecule has 0 atom stereocenters. The highest BCUT2D eigenvalue weighted by Gasteiger charge is 2.24. The summed E-state index contributed by atoms with van der Waals surface area (Å²) in [5.74, 6) is 0.461. The van der Waals surface area contributed by atoms with E-state index >= 15 is 0 Å². The Labute approximate surface area is 123 Å². The van der Waals surface area contributed by atoms with Crippen molar-refractivity contribution in [2.24, 2.45) is 5.92 Å². The minimum Gasteiger partial charge on any atom is -0.352 e. The first-order chi connectivity index (χ1) is 9.72. The molecule has 0 radical (unpaired) electrons. The number of amides is 1. The zero-order valence-electron chi connectivity index (χ0n) is 11.6. The van der Waals surface area contributed by atoms with Crippen molar-refractivity contribution in [1.29, 1.82) is 0 Å². The van der Waals surface area contributed by atoms with Crippen molar-refractivity contribution in [2.45, 2.75) is 32.7 Å². The molecule has 20 heavy (non-hydrogen) atoms. The number of hydrogen-bond donors (Lipinski definition) is 1. The van der Waals surface area contributed by atoms with Crippen molar-refractivity contribution >= 4 is 17.2 Å². The van der Waals surface area contributed by atoms with Gasteiger partial charge in [0.15, 0.2) is 0 Å². The summed E-state index contributed by atoms with van der Waals surface area (Å²) in [5, 5.41) is 6.16. The number of carbonyl (C=O) groups excluding carboxylic acids is 1. The van der Waals surface area contributed by atoms with E-state index in [1.54, 1.807) is 11.3 Å². The van der Waals surface area contributed by atoms with Crippen LogP contribution in [0.1, 0.15) is 29.8 Å². The minimum atomic E-state index is 0.204. The van der Waals surface area contributed by atoms with Gasteiger partial charge in [-0.05, 0) is 25.3 Å². The van der Waals surface area contributed by atoms with Crippen LogP contribution in [0.2, 0.25) is 0 Å². The van der Waals surface area contributed by atoms with E-state index in [0.29, 0.717) is 6.54 Å². The monoisotopic (exact) mass is 286 g/mol. The maximum atomic E-state index is 11.8. The van der Waals surface area contributed by atoms with Crippen LogP contribution in [0.5, 0.6) is 0 Å². The van der Waals surface area contributed by atoms with E-state index in [1.807, 2.05) is 6.92 Å². The molecule has 3 nitrogen and oxygen atoms in total. The van der Waals surface area contributed by atoms with Gasteiger partial charge in [0.1, 0.15) is 0 Å². The average molecular weight is 286 g/mol. The fraction of sp³-hybridized carbons (Fsp3) is 0.375. The van der Waals surface area contributed by atoms with Crippen molar-refractivity contribution in [3.05, 3.63) is 40.2 Å². The van der Waals surface area contributed by atoms with Gasteiger partial charge >= 0.3 is 0 Å². The van der Waals surface area contributed by atoms with Crippen molar-refractivity contribution in [2.75, 3.05) is 0 Å². The fourth-order valence-electron chi connectivity index (χ4n) is 2.29. The Hall–Kier alpha value is -1.68. The number of benzene rings is 1. The van der Waals surface area contributed by atoms with Crippen LogP contribution in [-0.4, -0.2) is 10.9 Å². The van der Waals surface area contributed by atoms with E-state index in [2.05, 4.69) is 39.9 Å². The SMILES string of the molecule is Cc1nc(-c2ccc(CNC(=O)C3CCC3)cc2)cs1. The lowest BCUT2D eigenvalue weighted by molar-refractivity contribution is -0.127. The minimum absolute atomic E-state index is 0.204. The molecule has 2 aromatic rings. The van der Waals surface area contributed by atoms with E-state index in [4.69, 9.17) is 0 Å². The fourth-order valence-corrected chi connectivity index (χ4v) is 2.92. The third-order valence-electron chi connectivity index (χ3n) is 3.81. The summed E-state index contributed by atoms with van der Waals surface area (Å²) < 4.78 is 0. The standard InChI is InChI=1S/C16H18N2OS/c1-11-18-15(10-20-11)13-7-5-12(6-8-13)9-17-16(19)14-3-2-4-14/h5-8,10,14H,2-4,9H2,1H3,(H,17,19). The lowest BCUT2D eigenvalue weighted by Gasteiger charge is -2.24. The largest absolute Gasteiger partial charge is 0.352 e. The number of rotatable bonds is 4. The molecule has 1 aliphatic rings. The summed E-state index contributed by atoms with van der Waals surface area (Å²) in [6.45, 7) is 2.63. The Kier molecular flexibility index (Phi) is 3.83. The van der Waals surface area contributed by atoms with Crippen LogP contribution in [-0.2, 0) is 11.3 Å². The summed E-state index contributed by atoms with van der Waals surface area (Å²) >= 11 is 1.66. The quantitative estimate of drug-likeness (QED) is 0.934. The first-order valence-corrected chi connectivity index (χ1v) is 7.89. The molecule has 1 heterocycles. The number of hydrogen-bond acceptors (Lipinski definition) is 3. The zero-order valence-corrected chi connectivity index (χ0v) is 12.4. The second kappa shape index (κ2) is 5.75. The lowest BCUT2D eigenvalue weighted by atomic mass is 9.85. The molecule has 3 rings (SSSR count). The Morgan fingerprint density at radius 2 is 2.10 bits per heavy atom. The lowest BCUT2D eigenvalue weighted by Crippen LogP contribution is -2.33. The molecule has 1 amide bonds. The molecule has 0 unspecified atom stereocenters. The average Bonchev–Trinajstić information content (AvgIpc) is 2.82. The van der Waals surface area contributed by atoms with Crippen LogP contribution in [0.3, 0.4) is 0 Å². The topological polar surface area (TPSA) is 42.0 Å². The van der Waals surface area contributed by atoms with Crippen LogP contribution < -0.4 is 5.32 Å². The number of carbonyl (C=O) groups is 1. The van der Waals surface area contributed by atoms with Gasteiger partial charge in [-0.2, -0.15) is 0 Å². The van der Waals surface area contributed by atoms with Gasteiger partial charge in [-0.3, -0.25) is 4.79 Å². The van der Waals surface area contributed by atoms with Gasteiger partial charge in [-0.25, -0.2) is 4.98 Å². The second-order valence-corrected chi connectivity index (χ2v) is 6.36. The first-order valence-electron chi connectivity index (χ1n) is 7.01. The van der Waals surface area contributed by atoms with E-state index in [0.717, 1.165) is 34.7 Å². The van der Waals surface area contributed by atoms with E-state index in [-0.39, 0.29) is 11.8 Å². The summed E-state index contributed by atoms with van der Waals surface area (Å²) in [6, 6.07) is 8.26. The molecule has 1 aromatic heterocycles. The highest BCUT2D eigenvalue weighted by atomic mass is 32.1. The maximum absolute atomic E-state index is 11.8. The van der Waals surface area contributed by atoms with Gasteiger partial charge in [0, 0.05) is 23.4 Å². The molecule has 4 heteroatoms. The molecule has 1 aliphatic carbocycles. The van der Waals surface area contributed by atoms with Gasteiger partial charge in [0.2, 0.25) is 5.91 Å². The number of nitrogens with zero attached hydrogens (tertiary/aromatic N) is 1. The third-order valence-corrected chi connectivity index (χ3v) is 4.58. The predicted molar refractivity (Wildman–Crippen MR) is 81.5 cm³/mol. The van der Waals surface area contributed by atoms with Crippen LogP contribution in [0.15, 0.2) is 29.6 Å². The van der Waals surface area contributed by atoms with Crippen molar-refractivity contribution < 1.29 is 4.79 Å². The first kappa shape index (κ1) is 13.3. The van der Waals surface area contributed by atoms with Gasteiger partial charge in [0.05, 0.1) is 10.7 Å². The summed E-state index contributed by atoms with van der Waals surface area (Å²) in [4.78, 5) is 16.2. The third kappa shape index (κ3) is 2.90. The second-order valence-electron chi connectivity index (χ2n) is 5.29. The van der Waals surface area contributed by atoms with Crippen molar-refractivity contribution in [3.8, 4) is 11.3 Å². The highest BCUT2D eigenvalue weighted by molar-refractivity contribution is 7.09. The molecule has 0 saturated heterocycles. The summed E-state index contributed by atoms with van der Waals surface area (Å²) in [6.07, 6.45) is 3.29. The van der Waals surface area contributed by atoms with E-state index in [1.165, 1.54) is 6.42 Å². The Morgan fingerprint density at radius 1 is 1.35 bits per heavy atom. The van der Waals surface area contributed by atoms with Gasteiger partial charge in [-0.15, -0.1) is 11.3 Å². The zero-order chi connectivity index (χ0) is 13.9. The Bertz CT molecular complexity index is 599. The molecule has 0 spiro atoms. The molecule has 1 saturated carbocycles. The smallest absolute Gasteiger partial charge is 0.223 e. The molecule has 1 N–H and O–H groups in total. The van der Waals surface area contributed by atoms with Crippen molar-refractivity contribution in [3.63, 3.8) is 0 Å². The van der Waals surface area contributed by atoms with Crippen LogP contribution in [0, 0.1) is 12.8 Å². The van der Waals surface area contributed by atoms with E-state index in [9.17, 15) is 4.79 Å². The van der Waals surface area contributed by atoms with Crippen LogP contribution >= 0.6 is 11.3 Å². The Morgan fingerprint density at radius 3 is 2.65 bits per heavy atom. The van der Waals surface area contributed by atoms with Gasteiger partial charge < -0.3 is 5.32 Å². The molecular weight excluding hydrogens is 268 g/mol. The highest BCUT2D eigenvalue weighted by Crippen LogP contribution is 2.26. The van der Waals surface area contributed by atoms with Gasteiger partial charge in [0.25, 0.3) is 0 Å². The molecule has 104 valence electrons. The Balaban J connectivity index is 1.59. The number of aryl methyl sites for hydroxylation is 1. The van der Waals surface area contributed by atoms with Gasteiger partial charge in [-0.1, -0.05) is 30.7 Å². The number of thiazole rings is 1. The summed E-state index contributed by atoms with van der Waals surface area (Å²) in [7, 11) is 0. The molecule has 0 aliphatic heterocycles. The molecule has 1 aromatic carbocycles. The summed E-state index contributed by atoms with van der Waals surface area (Å²) in [5.41, 5.74) is 3.29. The van der Waals surface area contributed by atoms with Crippen molar-refractivity contribution in [1.82, 2.24) is 10.3 Å². The molecule has 1 fully saturated rings. The number of nitrogens with one attached hydrogen (secondary N) is 1. The predicted octanol–water partition coefficient (Wildman–Crippen LogP) is 3.53. The van der Waals surface area contributed by atoms with Crippen LogP contribution in [0.4, 0.5) is 0 Å².